The van der Waals surface area contributed by atoms with Crippen LogP contribution in [0.2, 0.25) is 0 Å². The maximum atomic E-state index is 10.1. The van der Waals surface area contributed by atoms with Crippen LogP contribution in [0.25, 0.3) is 10.8 Å². The molecule has 5 atom stereocenters. The van der Waals surface area contributed by atoms with Crippen molar-refractivity contribution in [3.8, 4) is 0 Å². The van der Waals surface area contributed by atoms with Crippen LogP contribution in [0.5, 0.6) is 0 Å². The fourth-order valence-electron chi connectivity index (χ4n) is 2.76. The van der Waals surface area contributed by atoms with Gasteiger partial charge < -0.3 is 25.2 Å². The molecule has 21 heavy (non-hydrogen) atoms. The molecule has 0 bridgehead atoms. The van der Waals surface area contributed by atoms with Crippen LogP contribution in [-0.4, -0.2) is 51.4 Å². The van der Waals surface area contributed by atoms with E-state index in [1.807, 2.05) is 42.5 Å². The van der Waals surface area contributed by atoms with Gasteiger partial charge in [0.2, 0.25) is 0 Å². The van der Waals surface area contributed by atoms with Gasteiger partial charge in [-0.15, -0.1) is 0 Å². The molecule has 1 fully saturated rings. The van der Waals surface area contributed by atoms with Crippen molar-refractivity contribution < 1.29 is 25.2 Å². The topological polar surface area (TPSA) is 90.2 Å². The fourth-order valence-corrected chi connectivity index (χ4v) is 2.76. The summed E-state index contributed by atoms with van der Waals surface area (Å²) in [6.07, 6.45) is -5.61. The molecule has 4 N–H and O–H groups in total. The van der Waals surface area contributed by atoms with Crippen molar-refractivity contribution in [2.45, 2.75) is 30.5 Å². The molecule has 1 aliphatic heterocycles. The van der Waals surface area contributed by atoms with Crippen molar-refractivity contribution in [2.75, 3.05) is 6.61 Å². The molecule has 1 heterocycles. The van der Waals surface area contributed by atoms with E-state index < -0.39 is 37.1 Å². The predicted octanol–water partition coefficient (Wildman–Crippen LogP) is 0.355. The van der Waals surface area contributed by atoms with Crippen LogP contribution in [-0.2, 0) is 4.74 Å². The van der Waals surface area contributed by atoms with Gasteiger partial charge in [0.05, 0.1) is 6.61 Å². The largest absolute Gasteiger partial charge is 0.394 e. The third-order valence-corrected chi connectivity index (χ3v) is 3.99. The summed E-state index contributed by atoms with van der Waals surface area (Å²) in [5.41, 5.74) is 0.700. The number of ether oxygens (including phenoxy) is 1. The Hall–Kier alpha value is -1.50. The Bertz CT molecular complexity index is 627. The second-order valence-corrected chi connectivity index (χ2v) is 5.36. The Morgan fingerprint density at radius 1 is 0.857 bits per heavy atom. The van der Waals surface area contributed by atoms with Crippen LogP contribution < -0.4 is 0 Å². The van der Waals surface area contributed by atoms with Crippen molar-refractivity contribution in [1.29, 1.82) is 0 Å². The molecule has 5 heteroatoms. The second-order valence-electron chi connectivity index (χ2n) is 5.36. The number of rotatable bonds is 2. The van der Waals surface area contributed by atoms with E-state index >= 15 is 0 Å². The van der Waals surface area contributed by atoms with Crippen molar-refractivity contribution in [3.63, 3.8) is 0 Å². The van der Waals surface area contributed by atoms with Gasteiger partial charge in [0.25, 0.3) is 0 Å². The minimum absolute atomic E-state index is 0.422. The Balaban J connectivity index is 1.96. The number of aliphatic hydroxyl groups excluding tert-OH is 4. The van der Waals surface area contributed by atoms with Gasteiger partial charge in [-0.05, 0) is 22.4 Å². The minimum atomic E-state index is -1.35. The highest BCUT2D eigenvalue weighted by molar-refractivity contribution is 5.83. The quantitative estimate of drug-likeness (QED) is 0.641. The lowest BCUT2D eigenvalue weighted by Crippen LogP contribution is -2.55. The van der Waals surface area contributed by atoms with E-state index in [9.17, 15) is 20.4 Å². The van der Waals surface area contributed by atoms with Crippen LogP contribution in [0.4, 0.5) is 0 Å². The summed E-state index contributed by atoms with van der Waals surface area (Å²) in [7, 11) is 0. The molecule has 0 spiro atoms. The molecule has 2 aromatic rings. The summed E-state index contributed by atoms with van der Waals surface area (Å²) in [5, 5.41) is 41.1. The van der Waals surface area contributed by atoms with Crippen molar-refractivity contribution >= 4 is 10.8 Å². The van der Waals surface area contributed by atoms with E-state index in [0.29, 0.717) is 5.56 Å². The van der Waals surface area contributed by atoms with Gasteiger partial charge in [0, 0.05) is 0 Å². The molecule has 0 radical (unpaired) electrons. The monoisotopic (exact) mass is 290 g/mol. The SMILES string of the molecule is OC[C@H]1OC(c2ccc3ccccc3c2)[C@H](O)[C@@H](O)[C@H]1O. The van der Waals surface area contributed by atoms with Gasteiger partial charge in [-0.3, -0.25) is 0 Å². The minimum Gasteiger partial charge on any atom is -0.394 e. The summed E-state index contributed by atoms with van der Waals surface area (Å²) in [6, 6.07) is 13.4. The number of benzene rings is 2. The number of fused-ring (bicyclic) bond motifs is 1. The van der Waals surface area contributed by atoms with Crippen LogP contribution in [0.1, 0.15) is 11.7 Å². The first-order chi connectivity index (χ1) is 10.1. The average Bonchev–Trinajstić information content (AvgIpc) is 2.52. The van der Waals surface area contributed by atoms with Crippen LogP contribution >= 0.6 is 0 Å². The predicted molar refractivity (Wildman–Crippen MR) is 76.7 cm³/mol. The lowest BCUT2D eigenvalue weighted by Gasteiger charge is -2.40. The van der Waals surface area contributed by atoms with Gasteiger partial charge in [-0.25, -0.2) is 0 Å². The maximum Gasteiger partial charge on any atom is 0.113 e. The molecule has 0 saturated carbocycles. The first-order valence-electron chi connectivity index (χ1n) is 6.91. The highest BCUT2D eigenvalue weighted by Crippen LogP contribution is 2.33. The number of aliphatic hydroxyl groups is 4. The van der Waals surface area contributed by atoms with Gasteiger partial charge in [0.1, 0.15) is 30.5 Å². The van der Waals surface area contributed by atoms with E-state index in [0.717, 1.165) is 10.8 Å². The highest BCUT2D eigenvalue weighted by Gasteiger charge is 2.43. The van der Waals surface area contributed by atoms with Gasteiger partial charge >= 0.3 is 0 Å². The molecule has 1 saturated heterocycles. The first kappa shape index (κ1) is 14.4. The molecule has 1 unspecified atom stereocenters. The van der Waals surface area contributed by atoms with E-state index in [1.54, 1.807) is 0 Å². The van der Waals surface area contributed by atoms with Crippen LogP contribution in [0.3, 0.4) is 0 Å². The zero-order valence-corrected chi connectivity index (χ0v) is 11.3. The second kappa shape index (κ2) is 5.71. The smallest absolute Gasteiger partial charge is 0.113 e. The van der Waals surface area contributed by atoms with Crippen LogP contribution in [0.15, 0.2) is 42.5 Å². The third-order valence-electron chi connectivity index (χ3n) is 3.99. The van der Waals surface area contributed by atoms with E-state index in [1.165, 1.54) is 0 Å². The molecule has 112 valence electrons. The van der Waals surface area contributed by atoms with Gasteiger partial charge in [-0.1, -0.05) is 36.4 Å². The zero-order valence-electron chi connectivity index (χ0n) is 11.3. The van der Waals surface area contributed by atoms with Crippen LogP contribution in [0, 0.1) is 0 Å². The summed E-state index contributed by atoms with van der Waals surface area (Å²) in [4.78, 5) is 0. The molecule has 5 nitrogen and oxygen atoms in total. The van der Waals surface area contributed by atoms with Gasteiger partial charge in [0.15, 0.2) is 0 Å². The number of hydrogen-bond donors (Lipinski definition) is 4. The zero-order chi connectivity index (χ0) is 15.0. The molecular formula is C16H18O5. The molecule has 3 rings (SSSR count). The summed E-state index contributed by atoms with van der Waals surface area (Å²) < 4.78 is 5.56. The summed E-state index contributed by atoms with van der Waals surface area (Å²) in [5.74, 6) is 0. The average molecular weight is 290 g/mol. The summed E-state index contributed by atoms with van der Waals surface area (Å²) >= 11 is 0. The molecule has 1 aliphatic rings. The lowest BCUT2D eigenvalue weighted by molar-refractivity contribution is -0.231. The first-order valence-corrected chi connectivity index (χ1v) is 6.91. The molecule has 0 aromatic heterocycles. The maximum absolute atomic E-state index is 10.1. The fraction of sp³-hybridized carbons (Fsp3) is 0.375. The van der Waals surface area contributed by atoms with E-state index in [-0.39, 0.29) is 0 Å². The standard InChI is InChI=1S/C16H18O5/c17-8-12-13(18)14(19)15(20)16(21-12)11-6-5-9-3-1-2-4-10(9)7-11/h1-7,12-20H,8H2/t12-,13+,14+,15-,16?/m1/s1. The third kappa shape index (κ3) is 2.54. The van der Waals surface area contributed by atoms with E-state index in [2.05, 4.69) is 0 Å². The Kier molecular flexibility index (Phi) is 3.93. The highest BCUT2D eigenvalue weighted by atomic mass is 16.5. The van der Waals surface area contributed by atoms with Gasteiger partial charge in [-0.2, -0.15) is 0 Å². The van der Waals surface area contributed by atoms with Crippen molar-refractivity contribution in [3.05, 3.63) is 48.0 Å². The number of hydrogen-bond acceptors (Lipinski definition) is 5. The normalized spacial score (nSPS) is 33.2. The molecule has 2 aromatic carbocycles. The molecule has 0 aliphatic carbocycles. The summed E-state index contributed by atoms with van der Waals surface area (Å²) in [6.45, 7) is -0.422. The molecule has 0 amide bonds. The molecular weight excluding hydrogens is 272 g/mol. The Morgan fingerprint density at radius 3 is 2.29 bits per heavy atom. The van der Waals surface area contributed by atoms with Crippen molar-refractivity contribution in [1.82, 2.24) is 0 Å². The Labute approximate surface area is 122 Å². The lowest BCUT2D eigenvalue weighted by atomic mass is 9.90. The van der Waals surface area contributed by atoms with Crippen molar-refractivity contribution in [2.24, 2.45) is 0 Å². The Morgan fingerprint density at radius 2 is 1.57 bits per heavy atom. The van der Waals surface area contributed by atoms with E-state index in [4.69, 9.17) is 4.74 Å².